The van der Waals surface area contributed by atoms with Crippen molar-refractivity contribution in [3.63, 3.8) is 0 Å². The first-order valence-corrected chi connectivity index (χ1v) is 5.37. The molecular formula is C13H18O4. The van der Waals surface area contributed by atoms with Crippen LogP contribution in [-0.2, 0) is 27.3 Å². The molecule has 0 amide bonds. The molecule has 17 heavy (non-hydrogen) atoms. The molecule has 0 aliphatic rings. The van der Waals surface area contributed by atoms with E-state index < -0.39 is 11.6 Å². The van der Waals surface area contributed by atoms with Gasteiger partial charge < -0.3 is 14.6 Å². The molecule has 1 aromatic rings. The summed E-state index contributed by atoms with van der Waals surface area (Å²) in [5.41, 5.74) is 0.437. The number of methoxy groups -OCH3 is 2. The van der Waals surface area contributed by atoms with Crippen molar-refractivity contribution in [3.8, 4) is 0 Å². The molecule has 1 atom stereocenters. The van der Waals surface area contributed by atoms with Crippen molar-refractivity contribution in [1.82, 2.24) is 0 Å². The lowest BCUT2D eigenvalue weighted by molar-refractivity contribution is -0.160. The molecule has 0 unspecified atom stereocenters. The molecule has 0 aliphatic carbocycles. The summed E-state index contributed by atoms with van der Waals surface area (Å²) in [4.78, 5) is 11.3. The van der Waals surface area contributed by atoms with Crippen LogP contribution in [0.4, 0.5) is 0 Å². The summed E-state index contributed by atoms with van der Waals surface area (Å²) in [5.74, 6) is -0.626. The van der Waals surface area contributed by atoms with Crippen LogP contribution in [0.3, 0.4) is 0 Å². The fraction of sp³-hybridized carbons (Fsp3) is 0.462. The van der Waals surface area contributed by atoms with E-state index in [2.05, 4.69) is 4.74 Å². The second kappa shape index (κ2) is 5.80. The maximum Gasteiger partial charge on any atom is 0.337 e. The standard InChI is InChI=1S/C13H18O4/c1-13(15,12(14)17-3)8-10-4-6-11(7-5-10)9-16-2/h4-7,15H,8-9H2,1-3H3/t13-/m0/s1. The monoisotopic (exact) mass is 238 g/mol. The number of carbonyl (C=O) groups is 1. The Bertz CT molecular complexity index is 368. The normalized spacial score (nSPS) is 14.1. The van der Waals surface area contributed by atoms with Gasteiger partial charge in [-0.1, -0.05) is 24.3 Å². The van der Waals surface area contributed by atoms with E-state index in [0.29, 0.717) is 6.61 Å². The van der Waals surface area contributed by atoms with Gasteiger partial charge in [0.05, 0.1) is 13.7 Å². The summed E-state index contributed by atoms with van der Waals surface area (Å²) in [5, 5.41) is 9.91. The highest BCUT2D eigenvalue weighted by molar-refractivity contribution is 5.79. The molecule has 0 spiro atoms. The Hall–Kier alpha value is -1.39. The molecule has 0 saturated heterocycles. The first-order valence-electron chi connectivity index (χ1n) is 5.37. The van der Waals surface area contributed by atoms with Crippen LogP contribution in [0.1, 0.15) is 18.1 Å². The number of rotatable bonds is 5. The third-order valence-corrected chi connectivity index (χ3v) is 2.51. The highest BCUT2D eigenvalue weighted by Gasteiger charge is 2.31. The van der Waals surface area contributed by atoms with Crippen molar-refractivity contribution >= 4 is 5.97 Å². The van der Waals surface area contributed by atoms with E-state index in [-0.39, 0.29) is 6.42 Å². The van der Waals surface area contributed by atoms with Crippen molar-refractivity contribution < 1.29 is 19.4 Å². The number of esters is 1. The third kappa shape index (κ3) is 3.84. The van der Waals surface area contributed by atoms with Crippen molar-refractivity contribution in [2.75, 3.05) is 14.2 Å². The Kier molecular flexibility index (Phi) is 4.66. The minimum absolute atomic E-state index is 0.229. The second-order valence-electron chi connectivity index (χ2n) is 4.19. The Balaban J connectivity index is 2.71. The molecule has 1 N–H and O–H groups in total. The fourth-order valence-electron chi connectivity index (χ4n) is 1.61. The predicted octanol–water partition coefficient (Wildman–Crippen LogP) is 1.30. The van der Waals surface area contributed by atoms with E-state index in [1.807, 2.05) is 24.3 Å². The zero-order valence-electron chi connectivity index (χ0n) is 10.4. The summed E-state index contributed by atoms with van der Waals surface area (Å²) in [7, 11) is 2.90. The Morgan fingerprint density at radius 3 is 2.24 bits per heavy atom. The summed E-state index contributed by atoms with van der Waals surface area (Å²) in [6, 6.07) is 7.55. The minimum atomic E-state index is -1.49. The number of benzene rings is 1. The van der Waals surface area contributed by atoms with Crippen molar-refractivity contribution in [2.45, 2.75) is 25.6 Å². The third-order valence-electron chi connectivity index (χ3n) is 2.51. The van der Waals surface area contributed by atoms with Crippen molar-refractivity contribution in [3.05, 3.63) is 35.4 Å². The van der Waals surface area contributed by atoms with Gasteiger partial charge in [0.15, 0.2) is 5.60 Å². The Morgan fingerprint density at radius 2 is 1.76 bits per heavy atom. The smallest absolute Gasteiger partial charge is 0.337 e. The van der Waals surface area contributed by atoms with Crippen LogP contribution in [0.15, 0.2) is 24.3 Å². The summed E-state index contributed by atoms with van der Waals surface area (Å²) < 4.78 is 9.54. The Labute approximate surface area is 101 Å². The van der Waals surface area contributed by atoms with Crippen LogP contribution in [0.5, 0.6) is 0 Å². The van der Waals surface area contributed by atoms with Gasteiger partial charge in [-0.15, -0.1) is 0 Å². The van der Waals surface area contributed by atoms with Crippen LogP contribution in [0.25, 0.3) is 0 Å². The van der Waals surface area contributed by atoms with Crippen molar-refractivity contribution in [2.24, 2.45) is 0 Å². The van der Waals surface area contributed by atoms with Gasteiger partial charge in [-0.25, -0.2) is 4.79 Å². The van der Waals surface area contributed by atoms with Crippen LogP contribution in [0, 0.1) is 0 Å². The summed E-state index contributed by atoms with van der Waals surface area (Å²) >= 11 is 0. The molecule has 4 heteroatoms. The topological polar surface area (TPSA) is 55.8 Å². The van der Waals surface area contributed by atoms with Crippen LogP contribution in [-0.4, -0.2) is 30.9 Å². The average Bonchev–Trinajstić information content (AvgIpc) is 2.30. The number of ether oxygens (including phenoxy) is 2. The molecule has 4 nitrogen and oxygen atoms in total. The van der Waals surface area contributed by atoms with E-state index in [4.69, 9.17) is 4.74 Å². The molecule has 0 fully saturated rings. The average molecular weight is 238 g/mol. The maximum absolute atomic E-state index is 11.3. The molecule has 1 rings (SSSR count). The largest absolute Gasteiger partial charge is 0.467 e. The second-order valence-corrected chi connectivity index (χ2v) is 4.19. The molecule has 1 aromatic carbocycles. The lowest BCUT2D eigenvalue weighted by atomic mass is 9.96. The molecule has 0 heterocycles. The lowest BCUT2D eigenvalue weighted by Gasteiger charge is -2.20. The quantitative estimate of drug-likeness (QED) is 0.786. The van der Waals surface area contributed by atoms with E-state index >= 15 is 0 Å². The lowest BCUT2D eigenvalue weighted by Crippen LogP contribution is -2.38. The minimum Gasteiger partial charge on any atom is -0.467 e. The first-order chi connectivity index (χ1) is 7.99. The van der Waals surface area contributed by atoms with Gasteiger partial charge >= 0.3 is 5.97 Å². The van der Waals surface area contributed by atoms with E-state index in [0.717, 1.165) is 11.1 Å². The van der Waals surface area contributed by atoms with Crippen LogP contribution < -0.4 is 0 Å². The van der Waals surface area contributed by atoms with Gasteiger partial charge in [-0.2, -0.15) is 0 Å². The Morgan fingerprint density at radius 1 is 1.24 bits per heavy atom. The van der Waals surface area contributed by atoms with Crippen LogP contribution in [0.2, 0.25) is 0 Å². The van der Waals surface area contributed by atoms with Crippen molar-refractivity contribution in [1.29, 1.82) is 0 Å². The highest BCUT2D eigenvalue weighted by atomic mass is 16.5. The van der Waals surface area contributed by atoms with Gasteiger partial charge in [-0.05, 0) is 18.1 Å². The first kappa shape index (κ1) is 13.7. The number of carbonyl (C=O) groups excluding carboxylic acids is 1. The number of hydrogen-bond acceptors (Lipinski definition) is 4. The maximum atomic E-state index is 11.3. The molecular weight excluding hydrogens is 220 g/mol. The number of aliphatic hydroxyl groups is 1. The molecule has 0 saturated carbocycles. The number of hydrogen-bond donors (Lipinski definition) is 1. The molecule has 0 bridgehead atoms. The van der Waals surface area contributed by atoms with E-state index in [9.17, 15) is 9.90 Å². The molecule has 0 aromatic heterocycles. The van der Waals surface area contributed by atoms with Crippen LogP contribution >= 0.6 is 0 Å². The summed E-state index contributed by atoms with van der Waals surface area (Å²) in [6.07, 6.45) is 0.229. The zero-order chi connectivity index (χ0) is 12.9. The van der Waals surface area contributed by atoms with Gasteiger partial charge in [0.1, 0.15) is 0 Å². The van der Waals surface area contributed by atoms with Gasteiger partial charge in [0.2, 0.25) is 0 Å². The van der Waals surface area contributed by atoms with E-state index in [1.54, 1.807) is 7.11 Å². The van der Waals surface area contributed by atoms with Gasteiger partial charge in [-0.3, -0.25) is 0 Å². The predicted molar refractivity (Wildman–Crippen MR) is 63.5 cm³/mol. The SMILES string of the molecule is COCc1ccc(C[C@](C)(O)C(=O)OC)cc1. The summed E-state index contributed by atoms with van der Waals surface area (Å²) in [6.45, 7) is 2.00. The molecule has 0 aliphatic heterocycles. The molecule has 94 valence electrons. The molecule has 0 radical (unpaired) electrons. The fourth-order valence-corrected chi connectivity index (χ4v) is 1.61. The van der Waals surface area contributed by atoms with Gasteiger partial charge in [0, 0.05) is 13.5 Å². The zero-order valence-corrected chi connectivity index (χ0v) is 10.4. The highest BCUT2D eigenvalue weighted by Crippen LogP contribution is 2.15. The van der Waals surface area contributed by atoms with Gasteiger partial charge in [0.25, 0.3) is 0 Å². The van der Waals surface area contributed by atoms with E-state index in [1.165, 1.54) is 14.0 Å².